The minimum Gasteiger partial charge on any atom is -0.455 e. The molecular formula is C22H20ClN3O3S. The van der Waals surface area contributed by atoms with Gasteiger partial charge in [0, 0.05) is 28.3 Å². The first-order valence-electron chi connectivity index (χ1n) is 9.54. The molecule has 1 aliphatic rings. The summed E-state index contributed by atoms with van der Waals surface area (Å²) in [5.74, 6) is 0.370. The van der Waals surface area contributed by atoms with Gasteiger partial charge < -0.3 is 9.73 Å². The molecule has 6 nitrogen and oxygen atoms in total. The van der Waals surface area contributed by atoms with Crippen molar-refractivity contribution in [1.82, 2.24) is 5.43 Å². The Morgan fingerprint density at radius 2 is 2.00 bits per heavy atom. The average molecular weight is 442 g/mol. The molecule has 0 saturated carbocycles. The lowest BCUT2D eigenvalue weighted by Crippen LogP contribution is -2.21. The number of amides is 2. The third-order valence-electron chi connectivity index (χ3n) is 5.00. The molecule has 0 aliphatic heterocycles. The summed E-state index contributed by atoms with van der Waals surface area (Å²) in [5, 5.41) is 9.59. The van der Waals surface area contributed by atoms with E-state index in [1.165, 1.54) is 11.3 Å². The predicted octanol–water partition coefficient (Wildman–Crippen LogP) is 5.33. The molecule has 0 atom stereocenters. The van der Waals surface area contributed by atoms with Crippen molar-refractivity contribution in [2.45, 2.75) is 33.1 Å². The van der Waals surface area contributed by atoms with E-state index in [9.17, 15) is 9.59 Å². The maximum absolute atomic E-state index is 12.8. The molecule has 2 N–H and O–H groups in total. The zero-order valence-corrected chi connectivity index (χ0v) is 18.1. The highest BCUT2D eigenvalue weighted by molar-refractivity contribution is 7.12. The molecular weight excluding hydrogens is 422 g/mol. The highest BCUT2D eigenvalue weighted by Crippen LogP contribution is 2.30. The van der Waals surface area contributed by atoms with Crippen molar-refractivity contribution in [2.24, 2.45) is 5.10 Å². The number of furan rings is 1. The van der Waals surface area contributed by atoms with Gasteiger partial charge in [0.05, 0.1) is 10.6 Å². The van der Waals surface area contributed by atoms with Crippen LogP contribution in [0.1, 0.15) is 55.5 Å². The van der Waals surface area contributed by atoms with Gasteiger partial charge in [-0.25, -0.2) is 5.43 Å². The Labute approximate surface area is 182 Å². The molecule has 0 fully saturated rings. The van der Waals surface area contributed by atoms with E-state index in [0.717, 1.165) is 35.4 Å². The van der Waals surface area contributed by atoms with Crippen molar-refractivity contribution in [3.05, 3.63) is 73.8 Å². The number of hydrazone groups is 1. The van der Waals surface area contributed by atoms with E-state index in [1.807, 2.05) is 31.4 Å². The van der Waals surface area contributed by atoms with Gasteiger partial charge in [0.25, 0.3) is 11.8 Å². The number of fused-ring (bicyclic) bond motifs is 1. The number of halogens is 1. The Hall–Kier alpha value is -2.90. The van der Waals surface area contributed by atoms with E-state index in [0.29, 0.717) is 27.6 Å². The number of anilines is 1. The zero-order chi connectivity index (χ0) is 21.3. The Balaban J connectivity index is 1.57. The maximum atomic E-state index is 12.8. The van der Waals surface area contributed by atoms with Gasteiger partial charge in [-0.3, -0.25) is 9.59 Å². The van der Waals surface area contributed by atoms with Crippen LogP contribution in [0.15, 0.2) is 45.2 Å². The van der Waals surface area contributed by atoms with Crippen molar-refractivity contribution < 1.29 is 14.0 Å². The number of hydrogen-bond acceptors (Lipinski definition) is 5. The minimum absolute atomic E-state index is 0.246. The highest BCUT2D eigenvalue weighted by atomic mass is 35.5. The van der Waals surface area contributed by atoms with E-state index in [-0.39, 0.29) is 17.6 Å². The first-order valence-corrected chi connectivity index (χ1v) is 10.8. The number of nitrogens with one attached hydrogen (secondary N) is 2. The molecule has 8 heteroatoms. The minimum atomic E-state index is -0.344. The lowest BCUT2D eigenvalue weighted by Gasteiger charge is -2.13. The van der Waals surface area contributed by atoms with Gasteiger partial charge in [0.15, 0.2) is 5.76 Å². The van der Waals surface area contributed by atoms with Crippen molar-refractivity contribution in [1.29, 1.82) is 0 Å². The van der Waals surface area contributed by atoms with Gasteiger partial charge in [-0.05, 0) is 55.8 Å². The van der Waals surface area contributed by atoms with Crippen molar-refractivity contribution >= 4 is 46.2 Å². The summed E-state index contributed by atoms with van der Waals surface area (Å²) in [6.07, 6.45) is 2.26. The van der Waals surface area contributed by atoms with Crippen LogP contribution in [0.2, 0.25) is 5.02 Å². The number of benzene rings is 1. The van der Waals surface area contributed by atoms with Gasteiger partial charge in [0.2, 0.25) is 0 Å². The van der Waals surface area contributed by atoms with Crippen molar-refractivity contribution in [2.75, 3.05) is 5.32 Å². The summed E-state index contributed by atoms with van der Waals surface area (Å²) < 4.78 is 5.90. The molecule has 2 amide bonds. The van der Waals surface area contributed by atoms with Crippen LogP contribution >= 0.6 is 22.9 Å². The van der Waals surface area contributed by atoms with Crippen LogP contribution < -0.4 is 10.7 Å². The maximum Gasteiger partial charge on any atom is 0.291 e. The SMILES string of the molecule is Cc1ccc(NC(=O)c2oc3c(c2C)/C(=N/NC(=O)c2cccs2)CCC3)cc1Cl. The monoisotopic (exact) mass is 441 g/mol. The summed E-state index contributed by atoms with van der Waals surface area (Å²) in [5.41, 5.74) is 6.39. The molecule has 0 unspecified atom stereocenters. The molecule has 0 spiro atoms. The Morgan fingerprint density at radius 1 is 1.17 bits per heavy atom. The van der Waals surface area contributed by atoms with Gasteiger partial charge in [-0.1, -0.05) is 23.7 Å². The second kappa shape index (κ2) is 8.45. The smallest absolute Gasteiger partial charge is 0.291 e. The fourth-order valence-corrected chi connectivity index (χ4v) is 4.23. The Bertz CT molecular complexity index is 1150. The van der Waals surface area contributed by atoms with Crippen molar-refractivity contribution in [3.63, 3.8) is 0 Å². The van der Waals surface area contributed by atoms with E-state index in [2.05, 4.69) is 15.8 Å². The van der Waals surface area contributed by atoms with Crippen LogP contribution in [-0.4, -0.2) is 17.5 Å². The molecule has 1 aromatic carbocycles. The molecule has 0 radical (unpaired) electrons. The van der Waals surface area contributed by atoms with Crippen LogP contribution in [0, 0.1) is 13.8 Å². The molecule has 0 bridgehead atoms. The van der Waals surface area contributed by atoms with Gasteiger partial charge >= 0.3 is 0 Å². The van der Waals surface area contributed by atoms with Crippen LogP contribution in [-0.2, 0) is 6.42 Å². The number of hydrogen-bond donors (Lipinski definition) is 2. The molecule has 4 rings (SSSR count). The quantitative estimate of drug-likeness (QED) is 0.536. The second-order valence-corrected chi connectivity index (χ2v) is 8.46. The van der Waals surface area contributed by atoms with Crippen LogP contribution in [0.25, 0.3) is 0 Å². The van der Waals surface area contributed by atoms with E-state index in [4.69, 9.17) is 16.0 Å². The van der Waals surface area contributed by atoms with Gasteiger partial charge in [-0.2, -0.15) is 5.10 Å². The Kier molecular flexibility index (Phi) is 5.74. The van der Waals surface area contributed by atoms with Crippen LogP contribution in [0.5, 0.6) is 0 Å². The van der Waals surface area contributed by atoms with Gasteiger partial charge in [-0.15, -0.1) is 11.3 Å². The lowest BCUT2D eigenvalue weighted by molar-refractivity contribution is 0.0957. The molecule has 30 heavy (non-hydrogen) atoms. The first kappa shape index (κ1) is 20.4. The first-order chi connectivity index (χ1) is 14.4. The standard InChI is InChI=1S/C22H20ClN3O3S/c1-12-8-9-14(11-15(12)23)24-22(28)20-13(2)19-16(5-3-6-17(19)29-20)25-26-21(27)18-7-4-10-30-18/h4,7-11H,3,5-6H2,1-2H3,(H,24,28)(H,26,27)/b25-16+. The fraction of sp³-hybridized carbons (Fsp3) is 0.227. The second-order valence-electron chi connectivity index (χ2n) is 7.10. The summed E-state index contributed by atoms with van der Waals surface area (Å²) in [6, 6.07) is 8.91. The van der Waals surface area contributed by atoms with E-state index in [1.54, 1.807) is 18.2 Å². The molecule has 2 heterocycles. The topological polar surface area (TPSA) is 83.7 Å². The number of thiophene rings is 1. The fourth-order valence-electron chi connectivity index (χ4n) is 3.44. The zero-order valence-electron chi connectivity index (χ0n) is 16.5. The normalized spacial score (nSPS) is 14.4. The number of rotatable bonds is 4. The highest BCUT2D eigenvalue weighted by Gasteiger charge is 2.28. The van der Waals surface area contributed by atoms with Crippen molar-refractivity contribution in [3.8, 4) is 0 Å². The molecule has 3 aromatic rings. The third kappa shape index (κ3) is 4.04. The lowest BCUT2D eigenvalue weighted by atomic mass is 9.93. The van der Waals surface area contributed by atoms with Crippen LogP contribution in [0.3, 0.4) is 0 Å². The molecule has 1 aliphatic carbocycles. The number of carbonyl (C=O) groups is 2. The summed E-state index contributed by atoms with van der Waals surface area (Å²) in [7, 11) is 0. The predicted molar refractivity (Wildman–Crippen MR) is 119 cm³/mol. The summed E-state index contributed by atoms with van der Waals surface area (Å²) >= 11 is 7.50. The number of aryl methyl sites for hydroxylation is 2. The number of nitrogens with zero attached hydrogens (tertiary/aromatic N) is 1. The average Bonchev–Trinajstić information content (AvgIpc) is 3.38. The summed E-state index contributed by atoms with van der Waals surface area (Å²) in [6.45, 7) is 3.73. The van der Waals surface area contributed by atoms with E-state index < -0.39 is 0 Å². The molecule has 0 saturated heterocycles. The third-order valence-corrected chi connectivity index (χ3v) is 6.27. The molecule has 2 aromatic heterocycles. The molecule has 154 valence electrons. The number of carbonyl (C=O) groups excluding carboxylic acids is 2. The Morgan fingerprint density at radius 3 is 2.73 bits per heavy atom. The van der Waals surface area contributed by atoms with E-state index >= 15 is 0 Å². The van der Waals surface area contributed by atoms with Gasteiger partial charge in [0.1, 0.15) is 5.76 Å². The van der Waals surface area contributed by atoms with Crippen LogP contribution in [0.4, 0.5) is 5.69 Å². The summed E-state index contributed by atoms with van der Waals surface area (Å²) in [4.78, 5) is 25.6. The largest absolute Gasteiger partial charge is 0.455 e.